The number of rotatable bonds is 3. The highest BCUT2D eigenvalue weighted by molar-refractivity contribution is 9.10. The van der Waals surface area contributed by atoms with Crippen LogP contribution >= 0.6 is 39.1 Å². The van der Waals surface area contributed by atoms with Crippen LogP contribution in [0.4, 0.5) is 8.78 Å². The Kier molecular flexibility index (Phi) is 4.99. The molecule has 0 radical (unpaired) electrons. The van der Waals surface area contributed by atoms with E-state index in [9.17, 15) is 8.78 Å². The lowest BCUT2D eigenvalue weighted by molar-refractivity contribution is 0.558. The summed E-state index contributed by atoms with van der Waals surface area (Å²) in [6.45, 7) is 0. The molecule has 0 fully saturated rings. The Labute approximate surface area is 133 Å². The maximum Gasteiger partial charge on any atom is 0.148 e. The van der Waals surface area contributed by atoms with E-state index in [-0.39, 0.29) is 15.6 Å². The smallest absolute Gasteiger partial charge is 0.148 e. The molecule has 0 aliphatic carbocycles. The van der Waals surface area contributed by atoms with Gasteiger partial charge in [0.05, 0.1) is 11.1 Å². The summed E-state index contributed by atoms with van der Waals surface area (Å²) in [5.74, 6) is 4.37. The third kappa shape index (κ3) is 2.97. The van der Waals surface area contributed by atoms with E-state index in [1.165, 1.54) is 18.2 Å². The van der Waals surface area contributed by atoms with Crippen LogP contribution in [0, 0.1) is 11.6 Å². The third-order valence-electron chi connectivity index (χ3n) is 2.82. The fourth-order valence-electron chi connectivity index (χ4n) is 1.85. The first kappa shape index (κ1) is 15.7. The third-order valence-corrected chi connectivity index (χ3v) is 4.40. The van der Waals surface area contributed by atoms with Crippen LogP contribution in [0.25, 0.3) is 0 Å². The minimum absolute atomic E-state index is 0.0546. The standard InChI is InChI=1S/C13H9BrCl2F2N2/c14-9-4-3-8(12(18)11(9)16)13(20-19)7-2-1-6(17)5-10(7)15/h1-5,13,20H,19H2. The molecule has 1 atom stereocenters. The minimum Gasteiger partial charge on any atom is -0.271 e. The van der Waals surface area contributed by atoms with Crippen molar-refractivity contribution < 1.29 is 8.78 Å². The van der Waals surface area contributed by atoms with Crippen LogP contribution in [0.3, 0.4) is 0 Å². The first-order valence-electron chi connectivity index (χ1n) is 5.50. The van der Waals surface area contributed by atoms with Crippen LogP contribution in [-0.4, -0.2) is 0 Å². The Morgan fingerprint density at radius 3 is 2.35 bits per heavy atom. The number of hydrogen-bond donors (Lipinski definition) is 2. The fraction of sp³-hybridized carbons (Fsp3) is 0.0769. The van der Waals surface area contributed by atoms with Crippen molar-refractivity contribution in [3.63, 3.8) is 0 Å². The van der Waals surface area contributed by atoms with Crippen LogP contribution < -0.4 is 11.3 Å². The van der Waals surface area contributed by atoms with E-state index in [1.807, 2.05) is 0 Å². The van der Waals surface area contributed by atoms with E-state index in [1.54, 1.807) is 6.07 Å². The monoisotopic (exact) mass is 380 g/mol. The molecule has 2 aromatic rings. The molecule has 1 unspecified atom stereocenters. The minimum atomic E-state index is -0.742. The van der Waals surface area contributed by atoms with Gasteiger partial charge in [0.2, 0.25) is 0 Å². The zero-order chi connectivity index (χ0) is 14.9. The SMILES string of the molecule is NNC(c1ccc(F)cc1Cl)c1ccc(Br)c(Cl)c1F. The summed E-state index contributed by atoms with van der Waals surface area (Å²) in [5.41, 5.74) is 3.13. The van der Waals surface area contributed by atoms with E-state index in [0.29, 0.717) is 10.0 Å². The van der Waals surface area contributed by atoms with Gasteiger partial charge in [-0.1, -0.05) is 35.3 Å². The second-order valence-corrected chi connectivity index (χ2v) is 5.67. The quantitative estimate of drug-likeness (QED) is 0.463. The molecule has 0 bridgehead atoms. The van der Waals surface area contributed by atoms with Crippen molar-refractivity contribution in [1.82, 2.24) is 5.43 Å². The number of halogens is 5. The molecule has 0 heterocycles. The maximum absolute atomic E-state index is 14.2. The van der Waals surface area contributed by atoms with Gasteiger partial charge in [0, 0.05) is 15.1 Å². The second-order valence-electron chi connectivity index (χ2n) is 4.03. The van der Waals surface area contributed by atoms with E-state index in [4.69, 9.17) is 29.0 Å². The van der Waals surface area contributed by atoms with Crippen molar-refractivity contribution in [2.45, 2.75) is 6.04 Å². The summed E-state index contributed by atoms with van der Waals surface area (Å²) < 4.78 is 27.7. The van der Waals surface area contributed by atoms with Crippen molar-refractivity contribution >= 4 is 39.1 Å². The van der Waals surface area contributed by atoms with Gasteiger partial charge in [-0.2, -0.15) is 0 Å². The number of nitrogens with one attached hydrogen (secondary N) is 1. The van der Waals surface area contributed by atoms with Crippen LogP contribution in [0.15, 0.2) is 34.8 Å². The highest BCUT2D eigenvalue weighted by Gasteiger charge is 2.22. The lowest BCUT2D eigenvalue weighted by Crippen LogP contribution is -2.29. The van der Waals surface area contributed by atoms with Crippen molar-refractivity contribution in [2.24, 2.45) is 5.84 Å². The van der Waals surface area contributed by atoms with Gasteiger partial charge in [-0.15, -0.1) is 0 Å². The Morgan fingerprint density at radius 1 is 1.10 bits per heavy atom. The zero-order valence-electron chi connectivity index (χ0n) is 9.93. The van der Waals surface area contributed by atoms with Crippen LogP contribution in [0.5, 0.6) is 0 Å². The molecule has 20 heavy (non-hydrogen) atoms. The van der Waals surface area contributed by atoms with E-state index < -0.39 is 17.7 Å². The zero-order valence-corrected chi connectivity index (χ0v) is 13.0. The van der Waals surface area contributed by atoms with Gasteiger partial charge in [0.1, 0.15) is 11.6 Å². The lowest BCUT2D eigenvalue weighted by Gasteiger charge is -2.19. The van der Waals surface area contributed by atoms with Gasteiger partial charge in [-0.05, 0) is 39.7 Å². The summed E-state index contributed by atoms with van der Waals surface area (Å²) in [6.07, 6.45) is 0. The van der Waals surface area contributed by atoms with Crippen LogP contribution in [-0.2, 0) is 0 Å². The van der Waals surface area contributed by atoms with Crippen molar-refractivity contribution in [3.05, 3.63) is 67.6 Å². The lowest BCUT2D eigenvalue weighted by atomic mass is 9.98. The molecule has 0 aliphatic rings. The molecule has 2 rings (SSSR count). The number of benzene rings is 2. The summed E-state index contributed by atoms with van der Waals surface area (Å²) in [7, 11) is 0. The molecule has 0 saturated heterocycles. The highest BCUT2D eigenvalue weighted by Crippen LogP contribution is 2.34. The molecule has 0 aromatic heterocycles. The number of nitrogens with two attached hydrogens (primary N) is 1. The summed E-state index contributed by atoms with van der Waals surface area (Å²) >= 11 is 15.0. The topological polar surface area (TPSA) is 38.0 Å². The Morgan fingerprint density at radius 2 is 1.75 bits per heavy atom. The first-order chi connectivity index (χ1) is 9.45. The first-order valence-corrected chi connectivity index (χ1v) is 7.05. The van der Waals surface area contributed by atoms with E-state index in [0.717, 1.165) is 6.07 Å². The highest BCUT2D eigenvalue weighted by atomic mass is 79.9. The van der Waals surface area contributed by atoms with Crippen molar-refractivity contribution in [2.75, 3.05) is 0 Å². The largest absolute Gasteiger partial charge is 0.271 e. The average Bonchev–Trinajstić information content (AvgIpc) is 2.41. The molecule has 7 heteroatoms. The van der Waals surface area contributed by atoms with Crippen LogP contribution in [0.1, 0.15) is 17.2 Å². The molecule has 2 aromatic carbocycles. The molecule has 3 N–H and O–H groups in total. The predicted octanol–water partition coefficient (Wildman–Crippen LogP) is 4.59. The molecule has 0 amide bonds. The Bertz CT molecular complexity index is 653. The maximum atomic E-state index is 14.2. The molecule has 0 spiro atoms. The van der Waals surface area contributed by atoms with E-state index >= 15 is 0 Å². The van der Waals surface area contributed by atoms with Gasteiger partial charge in [0.15, 0.2) is 0 Å². The van der Waals surface area contributed by atoms with Gasteiger partial charge >= 0.3 is 0 Å². The predicted molar refractivity (Wildman–Crippen MR) is 79.7 cm³/mol. The average molecular weight is 382 g/mol. The molecular weight excluding hydrogens is 373 g/mol. The van der Waals surface area contributed by atoms with Gasteiger partial charge in [-0.25, -0.2) is 14.2 Å². The molecule has 0 aliphatic heterocycles. The van der Waals surface area contributed by atoms with Gasteiger partial charge in [-0.3, -0.25) is 5.84 Å². The van der Waals surface area contributed by atoms with E-state index in [2.05, 4.69) is 21.4 Å². The molecule has 106 valence electrons. The molecule has 2 nitrogen and oxygen atoms in total. The second kappa shape index (κ2) is 6.37. The number of hydrogen-bond acceptors (Lipinski definition) is 2. The summed E-state index contributed by atoms with van der Waals surface area (Å²) in [5, 5.41) is 0.0902. The fourth-order valence-corrected chi connectivity index (χ4v) is 2.60. The van der Waals surface area contributed by atoms with Gasteiger partial charge < -0.3 is 0 Å². The molecular formula is C13H9BrCl2F2N2. The van der Waals surface area contributed by atoms with Crippen molar-refractivity contribution in [1.29, 1.82) is 0 Å². The summed E-state index contributed by atoms with van der Waals surface area (Å²) in [4.78, 5) is 0. The normalized spacial score (nSPS) is 12.5. The van der Waals surface area contributed by atoms with Crippen molar-refractivity contribution in [3.8, 4) is 0 Å². The summed E-state index contributed by atoms with van der Waals surface area (Å²) in [6, 6.07) is 6.19. The number of hydrazine groups is 1. The Balaban J connectivity index is 2.55. The Hall–Kier alpha value is -0.720. The van der Waals surface area contributed by atoms with Crippen LogP contribution in [0.2, 0.25) is 10.0 Å². The van der Waals surface area contributed by atoms with Gasteiger partial charge in [0.25, 0.3) is 0 Å². The molecule has 0 saturated carbocycles.